The lowest BCUT2D eigenvalue weighted by Gasteiger charge is -2.22. The molecule has 7 heteroatoms. The van der Waals surface area contributed by atoms with Crippen LogP contribution >= 0.6 is 0 Å². The smallest absolute Gasteiger partial charge is 0.167 e. The van der Waals surface area contributed by atoms with Crippen molar-refractivity contribution in [2.24, 2.45) is 0 Å². The number of nitrogens with zero attached hydrogens (tertiary/aromatic N) is 4. The Morgan fingerprint density at radius 1 is 1.37 bits per heavy atom. The van der Waals surface area contributed by atoms with Crippen LogP contribution in [-0.4, -0.2) is 39.3 Å². The first-order chi connectivity index (χ1) is 9.17. The topological polar surface area (TPSA) is 88.1 Å². The molecule has 0 aliphatic heterocycles. The fourth-order valence-electron chi connectivity index (χ4n) is 1.98. The number of aromatic nitrogens is 4. The van der Waals surface area contributed by atoms with Gasteiger partial charge in [0.25, 0.3) is 0 Å². The van der Waals surface area contributed by atoms with E-state index in [2.05, 4.69) is 15.0 Å². The van der Waals surface area contributed by atoms with Crippen molar-refractivity contribution in [2.45, 2.75) is 32.6 Å². The fraction of sp³-hybridized carbons (Fsp3) is 0.583. The summed E-state index contributed by atoms with van der Waals surface area (Å²) in [5.41, 5.74) is 7.06. The Hall–Kier alpha value is -1.73. The second-order valence-electron chi connectivity index (χ2n) is 4.35. The maximum Gasteiger partial charge on any atom is 0.167 e. The molecule has 19 heavy (non-hydrogen) atoms. The van der Waals surface area contributed by atoms with E-state index in [1.165, 1.54) is 6.33 Å². The summed E-state index contributed by atoms with van der Waals surface area (Å²) in [5, 5.41) is 0. The molecule has 7 nitrogen and oxygen atoms in total. The van der Waals surface area contributed by atoms with Crippen molar-refractivity contribution in [3.05, 3.63) is 12.7 Å². The highest BCUT2D eigenvalue weighted by molar-refractivity contribution is 5.81. The number of nitrogen functional groups attached to an aromatic ring is 1. The molecule has 0 saturated heterocycles. The molecule has 2 atom stereocenters. The second kappa shape index (κ2) is 5.94. The number of imidazole rings is 1. The van der Waals surface area contributed by atoms with Crippen LogP contribution in [0.3, 0.4) is 0 Å². The lowest BCUT2D eigenvalue weighted by Crippen LogP contribution is -2.21. The second-order valence-corrected chi connectivity index (χ2v) is 4.35. The molecule has 0 unspecified atom stereocenters. The third-order valence-electron chi connectivity index (χ3n) is 2.84. The summed E-state index contributed by atoms with van der Waals surface area (Å²) in [6.07, 6.45) is 3.75. The van der Waals surface area contributed by atoms with E-state index in [0.717, 1.165) is 6.42 Å². The van der Waals surface area contributed by atoms with Gasteiger partial charge in [0.15, 0.2) is 11.5 Å². The van der Waals surface area contributed by atoms with E-state index >= 15 is 0 Å². The highest BCUT2D eigenvalue weighted by atomic mass is 16.5. The van der Waals surface area contributed by atoms with Crippen LogP contribution in [-0.2, 0) is 9.47 Å². The number of ether oxygens (including phenoxy) is 2. The molecule has 2 aromatic heterocycles. The van der Waals surface area contributed by atoms with Crippen LogP contribution in [0.2, 0.25) is 0 Å². The highest BCUT2D eigenvalue weighted by Crippen LogP contribution is 2.22. The molecule has 2 heterocycles. The predicted octanol–water partition coefficient (Wildman–Crippen LogP) is 1.37. The number of methoxy groups -OCH3 is 1. The summed E-state index contributed by atoms with van der Waals surface area (Å²) in [6.45, 7) is 4.55. The van der Waals surface area contributed by atoms with Gasteiger partial charge < -0.3 is 15.2 Å². The van der Waals surface area contributed by atoms with Gasteiger partial charge in [0.05, 0.1) is 19.0 Å². The summed E-state index contributed by atoms with van der Waals surface area (Å²) in [6, 6.07) is 0. The Morgan fingerprint density at radius 2 is 2.16 bits per heavy atom. The number of fused-ring (bicyclic) bond motifs is 1. The highest BCUT2D eigenvalue weighted by Gasteiger charge is 2.17. The van der Waals surface area contributed by atoms with Crippen molar-refractivity contribution in [3.8, 4) is 0 Å². The van der Waals surface area contributed by atoms with Gasteiger partial charge >= 0.3 is 0 Å². The molecule has 0 amide bonds. The quantitative estimate of drug-likeness (QED) is 0.848. The third-order valence-corrected chi connectivity index (χ3v) is 2.84. The lowest BCUT2D eigenvalue weighted by molar-refractivity contribution is -0.0725. The van der Waals surface area contributed by atoms with E-state index in [-0.39, 0.29) is 12.3 Å². The van der Waals surface area contributed by atoms with Crippen molar-refractivity contribution < 1.29 is 9.47 Å². The average molecular weight is 265 g/mol. The fourth-order valence-corrected chi connectivity index (χ4v) is 1.98. The van der Waals surface area contributed by atoms with E-state index in [0.29, 0.717) is 23.6 Å². The first-order valence-electron chi connectivity index (χ1n) is 6.24. The minimum absolute atomic E-state index is 0.00779. The standard InChI is InChI=1S/C12H19N5O2/c1-4-9(19-8(2)5-18-3)17-7-16-10-11(13)14-6-15-12(10)17/h6-9H,4-5H2,1-3H3,(H2,13,14,15)/t8-,9+/m0/s1. The van der Waals surface area contributed by atoms with E-state index in [1.54, 1.807) is 13.4 Å². The zero-order valence-electron chi connectivity index (χ0n) is 11.4. The van der Waals surface area contributed by atoms with Gasteiger partial charge in [0.1, 0.15) is 18.1 Å². The molecular formula is C12H19N5O2. The largest absolute Gasteiger partial charge is 0.382 e. The van der Waals surface area contributed by atoms with Gasteiger partial charge in [-0.05, 0) is 13.3 Å². The monoisotopic (exact) mass is 265 g/mol. The molecule has 0 aliphatic rings. The van der Waals surface area contributed by atoms with Gasteiger partial charge in [-0.2, -0.15) is 0 Å². The summed E-state index contributed by atoms with van der Waals surface area (Å²) in [5.74, 6) is 0.378. The van der Waals surface area contributed by atoms with Gasteiger partial charge in [0.2, 0.25) is 0 Å². The minimum Gasteiger partial charge on any atom is -0.382 e. The van der Waals surface area contributed by atoms with Gasteiger partial charge in [-0.1, -0.05) is 6.92 Å². The summed E-state index contributed by atoms with van der Waals surface area (Å²) in [7, 11) is 1.65. The molecule has 0 bridgehead atoms. The van der Waals surface area contributed by atoms with Crippen molar-refractivity contribution in [3.63, 3.8) is 0 Å². The van der Waals surface area contributed by atoms with E-state index in [4.69, 9.17) is 15.2 Å². The first kappa shape index (κ1) is 13.7. The van der Waals surface area contributed by atoms with Crippen LogP contribution < -0.4 is 5.73 Å². The Bertz CT molecular complexity index is 542. The number of hydrogen-bond donors (Lipinski definition) is 1. The van der Waals surface area contributed by atoms with Gasteiger partial charge in [0, 0.05) is 7.11 Å². The summed E-state index contributed by atoms with van der Waals surface area (Å²) in [4.78, 5) is 12.4. The maximum absolute atomic E-state index is 5.93. The van der Waals surface area contributed by atoms with Crippen LogP contribution in [0, 0.1) is 0 Å². The molecule has 0 spiro atoms. The molecule has 0 aliphatic carbocycles. The average Bonchev–Trinajstić information content (AvgIpc) is 2.81. The first-order valence-corrected chi connectivity index (χ1v) is 6.24. The molecule has 0 radical (unpaired) electrons. The molecule has 104 valence electrons. The number of hydrogen-bond acceptors (Lipinski definition) is 6. The van der Waals surface area contributed by atoms with Gasteiger partial charge in [-0.15, -0.1) is 0 Å². The van der Waals surface area contributed by atoms with Crippen LogP contribution in [0.4, 0.5) is 5.82 Å². The zero-order valence-corrected chi connectivity index (χ0v) is 11.4. The summed E-state index contributed by atoms with van der Waals surface area (Å²) < 4.78 is 12.9. The van der Waals surface area contributed by atoms with E-state index < -0.39 is 0 Å². The predicted molar refractivity (Wildman–Crippen MR) is 71.5 cm³/mol. The van der Waals surface area contributed by atoms with Gasteiger partial charge in [-0.3, -0.25) is 4.57 Å². The van der Waals surface area contributed by atoms with Crippen LogP contribution in [0.15, 0.2) is 12.7 Å². The molecule has 2 N–H and O–H groups in total. The molecule has 2 rings (SSSR count). The van der Waals surface area contributed by atoms with Crippen molar-refractivity contribution >= 4 is 17.0 Å². The van der Waals surface area contributed by atoms with Crippen molar-refractivity contribution in [1.82, 2.24) is 19.5 Å². The number of anilines is 1. The lowest BCUT2D eigenvalue weighted by atomic mass is 10.3. The number of nitrogens with two attached hydrogens (primary N) is 1. The Kier molecular flexibility index (Phi) is 4.28. The molecule has 0 aromatic carbocycles. The van der Waals surface area contributed by atoms with E-state index in [9.17, 15) is 0 Å². The van der Waals surface area contributed by atoms with Gasteiger partial charge in [-0.25, -0.2) is 15.0 Å². The van der Waals surface area contributed by atoms with Crippen LogP contribution in [0.1, 0.15) is 26.5 Å². The van der Waals surface area contributed by atoms with Crippen molar-refractivity contribution in [1.29, 1.82) is 0 Å². The number of rotatable bonds is 6. The van der Waals surface area contributed by atoms with Crippen molar-refractivity contribution in [2.75, 3.05) is 19.5 Å². The van der Waals surface area contributed by atoms with Crippen LogP contribution in [0.5, 0.6) is 0 Å². The normalized spacial score (nSPS) is 14.7. The zero-order chi connectivity index (χ0) is 13.8. The van der Waals surface area contributed by atoms with Crippen LogP contribution in [0.25, 0.3) is 11.2 Å². The SMILES string of the molecule is CC[C@@H](O[C@@H](C)COC)n1cnc2c(N)ncnc21. The Labute approximate surface area is 111 Å². The molecule has 2 aromatic rings. The maximum atomic E-state index is 5.93. The Morgan fingerprint density at radius 3 is 2.84 bits per heavy atom. The minimum atomic E-state index is -0.149. The molecule has 0 fully saturated rings. The Balaban J connectivity index is 2.28. The third kappa shape index (κ3) is 2.82. The summed E-state index contributed by atoms with van der Waals surface area (Å²) >= 11 is 0. The molecular weight excluding hydrogens is 246 g/mol. The van der Waals surface area contributed by atoms with E-state index in [1.807, 2.05) is 18.4 Å². The molecule has 0 saturated carbocycles.